The van der Waals surface area contributed by atoms with E-state index in [0.717, 1.165) is 0 Å². The van der Waals surface area contributed by atoms with E-state index < -0.39 is 5.97 Å². The minimum atomic E-state index is -0.487. The number of carbonyl (C=O) groups excluding carboxylic acids is 1. The van der Waals surface area contributed by atoms with Crippen molar-refractivity contribution in [2.75, 3.05) is 7.11 Å². The first-order valence-corrected chi connectivity index (χ1v) is 5.32. The van der Waals surface area contributed by atoms with Gasteiger partial charge in [0.05, 0.1) is 12.1 Å². The summed E-state index contributed by atoms with van der Waals surface area (Å²) in [4.78, 5) is 11.6. The van der Waals surface area contributed by atoms with Gasteiger partial charge in [-0.15, -0.1) is 0 Å². The van der Waals surface area contributed by atoms with Crippen LogP contribution >= 0.6 is 11.6 Å². The van der Waals surface area contributed by atoms with Gasteiger partial charge in [-0.25, -0.2) is 4.79 Å². The number of benzene rings is 1. The number of aryl methyl sites for hydroxylation is 1. The Morgan fingerprint density at radius 2 is 2.12 bits per heavy atom. The first kappa shape index (κ1) is 11.7. The van der Waals surface area contributed by atoms with Crippen molar-refractivity contribution in [2.45, 2.75) is 6.92 Å². The quantitative estimate of drug-likeness (QED) is 0.770. The maximum Gasteiger partial charge on any atom is 0.343 e. The molecule has 0 spiro atoms. The van der Waals surface area contributed by atoms with Crippen molar-refractivity contribution in [3.63, 3.8) is 0 Å². The van der Waals surface area contributed by atoms with Gasteiger partial charge < -0.3 is 9.26 Å². The lowest BCUT2D eigenvalue weighted by atomic mass is 10.1. The fourth-order valence-electron chi connectivity index (χ4n) is 1.55. The molecule has 88 valence electrons. The summed E-state index contributed by atoms with van der Waals surface area (Å²) in [7, 11) is 1.31. The van der Waals surface area contributed by atoms with Crippen molar-refractivity contribution in [1.82, 2.24) is 5.16 Å². The molecule has 1 heterocycles. The number of hydrogen-bond acceptors (Lipinski definition) is 4. The molecular weight excluding hydrogens is 242 g/mol. The summed E-state index contributed by atoms with van der Waals surface area (Å²) in [5.41, 5.74) is 1.35. The van der Waals surface area contributed by atoms with Gasteiger partial charge in [-0.3, -0.25) is 0 Å². The van der Waals surface area contributed by atoms with E-state index in [1.165, 1.54) is 7.11 Å². The fraction of sp³-hybridized carbons (Fsp3) is 0.167. The molecule has 0 amide bonds. The molecule has 0 aliphatic rings. The van der Waals surface area contributed by atoms with Crippen LogP contribution in [0.4, 0.5) is 0 Å². The summed E-state index contributed by atoms with van der Waals surface area (Å²) in [5, 5.41) is 4.36. The highest BCUT2D eigenvalue weighted by molar-refractivity contribution is 6.33. The smallest absolute Gasteiger partial charge is 0.343 e. The highest BCUT2D eigenvalue weighted by Gasteiger charge is 2.23. The second-order valence-corrected chi connectivity index (χ2v) is 3.84. The zero-order valence-electron chi connectivity index (χ0n) is 9.36. The van der Waals surface area contributed by atoms with Crippen LogP contribution in [0.5, 0.6) is 0 Å². The summed E-state index contributed by atoms with van der Waals surface area (Å²) in [6, 6.07) is 7.11. The van der Waals surface area contributed by atoms with E-state index in [1.807, 2.05) is 6.07 Å². The van der Waals surface area contributed by atoms with Gasteiger partial charge in [-0.2, -0.15) is 0 Å². The molecule has 0 saturated carbocycles. The monoisotopic (exact) mass is 251 g/mol. The maximum atomic E-state index is 11.6. The van der Waals surface area contributed by atoms with Crippen LogP contribution in [0.3, 0.4) is 0 Å². The van der Waals surface area contributed by atoms with Gasteiger partial charge in [-0.05, 0) is 13.0 Å². The third-order valence-electron chi connectivity index (χ3n) is 2.38. The lowest BCUT2D eigenvalue weighted by Crippen LogP contribution is -2.03. The Labute approximate surface area is 103 Å². The third kappa shape index (κ3) is 2.03. The van der Waals surface area contributed by atoms with E-state index in [-0.39, 0.29) is 0 Å². The lowest BCUT2D eigenvalue weighted by Gasteiger charge is -2.02. The van der Waals surface area contributed by atoms with E-state index in [9.17, 15) is 4.79 Å². The molecule has 2 rings (SSSR count). The number of methoxy groups -OCH3 is 1. The summed E-state index contributed by atoms with van der Waals surface area (Å²) in [5.74, 6) is -0.0783. The normalized spacial score (nSPS) is 10.3. The van der Waals surface area contributed by atoms with Crippen LogP contribution in [-0.2, 0) is 4.74 Å². The van der Waals surface area contributed by atoms with Crippen LogP contribution in [0.15, 0.2) is 28.8 Å². The second-order valence-electron chi connectivity index (χ2n) is 3.43. The minimum absolute atomic E-state index is 0.306. The molecule has 2 aromatic rings. The van der Waals surface area contributed by atoms with Crippen LogP contribution < -0.4 is 0 Å². The van der Waals surface area contributed by atoms with Gasteiger partial charge in [0.1, 0.15) is 17.0 Å². The number of esters is 1. The van der Waals surface area contributed by atoms with Gasteiger partial charge in [0, 0.05) is 5.56 Å². The van der Waals surface area contributed by atoms with Crippen molar-refractivity contribution in [3.8, 4) is 11.3 Å². The standard InChI is InChI=1S/C12H10ClNO3/c1-7-10(12(15)16-2)11(14-17-7)8-5-3-4-6-9(8)13/h3-6H,1-2H3. The van der Waals surface area contributed by atoms with Gasteiger partial charge in [0.25, 0.3) is 0 Å². The van der Waals surface area contributed by atoms with Crippen LogP contribution in [-0.4, -0.2) is 18.2 Å². The highest BCUT2D eigenvalue weighted by Crippen LogP contribution is 2.31. The Bertz CT molecular complexity index is 563. The predicted molar refractivity (Wildman–Crippen MR) is 63.0 cm³/mol. The Hall–Kier alpha value is -1.81. The molecule has 0 aliphatic carbocycles. The topological polar surface area (TPSA) is 52.3 Å². The number of hydrogen-bond donors (Lipinski definition) is 0. The molecule has 0 bridgehead atoms. The molecule has 4 nitrogen and oxygen atoms in total. The largest absolute Gasteiger partial charge is 0.465 e. The number of rotatable bonds is 2. The molecule has 0 atom stereocenters. The molecular formula is C12H10ClNO3. The van der Waals surface area contributed by atoms with E-state index in [1.54, 1.807) is 25.1 Å². The SMILES string of the molecule is COC(=O)c1c(-c2ccccc2Cl)noc1C. The molecule has 0 saturated heterocycles. The molecule has 0 aliphatic heterocycles. The summed E-state index contributed by atoms with van der Waals surface area (Å²) in [6.45, 7) is 1.65. The third-order valence-corrected chi connectivity index (χ3v) is 2.71. The zero-order valence-corrected chi connectivity index (χ0v) is 10.1. The average Bonchev–Trinajstić information content (AvgIpc) is 2.71. The number of ether oxygens (including phenoxy) is 1. The zero-order chi connectivity index (χ0) is 12.4. The first-order chi connectivity index (χ1) is 8.15. The summed E-state index contributed by atoms with van der Waals surface area (Å²) >= 11 is 6.05. The fourth-order valence-corrected chi connectivity index (χ4v) is 1.78. The van der Waals surface area contributed by atoms with Crippen molar-refractivity contribution in [2.24, 2.45) is 0 Å². The Morgan fingerprint density at radius 1 is 1.41 bits per heavy atom. The second kappa shape index (κ2) is 4.59. The van der Waals surface area contributed by atoms with Crippen LogP contribution in [0.25, 0.3) is 11.3 Å². The Morgan fingerprint density at radius 3 is 2.76 bits per heavy atom. The predicted octanol–water partition coefficient (Wildman–Crippen LogP) is 3.09. The van der Waals surface area contributed by atoms with Gasteiger partial charge in [0.2, 0.25) is 0 Å². The molecule has 0 radical (unpaired) electrons. The van der Waals surface area contributed by atoms with Crippen molar-refractivity contribution in [3.05, 3.63) is 40.6 Å². The summed E-state index contributed by atoms with van der Waals surface area (Å²) in [6.07, 6.45) is 0. The number of aromatic nitrogens is 1. The van der Waals surface area contributed by atoms with Gasteiger partial charge in [-0.1, -0.05) is 35.0 Å². The molecule has 1 aromatic heterocycles. The molecule has 5 heteroatoms. The number of carbonyl (C=O) groups is 1. The van der Waals surface area contributed by atoms with Crippen molar-refractivity contribution < 1.29 is 14.1 Å². The van der Waals surface area contributed by atoms with Crippen molar-refractivity contribution in [1.29, 1.82) is 0 Å². The first-order valence-electron chi connectivity index (χ1n) is 4.94. The highest BCUT2D eigenvalue weighted by atomic mass is 35.5. The van der Waals surface area contributed by atoms with Crippen molar-refractivity contribution >= 4 is 17.6 Å². The van der Waals surface area contributed by atoms with Crippen LogP contribution in [0.2, 0.25) is 5.02 Å². The molecule has 1 aromatic carbocycles. The summed E-state index contributed by atoms with van der Waals surface area (Å²) < 4.78 is 9.71. The molecule has 0 unspecified atom stereocenters. The van der Waals surface area contributed by atoms with E-state index in [4.69, 9.17) is 20.9 Å². The van der Waals surface area contributed by atoms with E-state index in [0.29, 0.717) is 27.6 Å². The van der Waals surface area contributed by atoms with Gasteiger partial charge in [0.15, 0.2) is 0 Å². The van der Waals surface area contributed by atoms with Crippen LogP contribution in [0.1, 0.15) is 16.1 Å². The van der Waals surface area contributed by atoms with E-state index in [2.05, 4.69) is 5.16 Å². The van der Waals surface area contributed by atoms with Crippen LogP contribution in [0, 0.1) is 6.92 Å². The number of halogens is 1. The Kier molecular flexibility index (Phi) is 3.15. The van der Waals surface area contributed by atoms with E-state index >= 15 is 0 Å². The molecule has 0 fully saturated rings. The molecule has 17 heavy (non-hydrogen) atoms. The average molecular weight is 252 g/mol. The Balaban J connectivity index is 2.61. The maximum absolute atomic E-state index is 11.6. The number of nitrogens with zero attached hydrogens (tertiary/aromatic N) is 1. The minimum Gasteiger partial charge on any atom is -0.465 e. The lowest BCUT2D eigenvalue weighted by molar-refractivity contribution is 0.0599. The molecule has 0 N–H and O–H groups in total. The van der Waals surface area contributed by atoms with Gasteiger partial charge >= 0.3 is 5.97 Å².